The van der Waals surface area contributed by atoms with E-state index in [1.807, 2.05) is 24.3 Å². The summed E-state index contributed by atoms with van der Waals surface area (Å²) in [6, 6.07) is 7.96. The van der Waals surface area contributed by atoms with E-state index in [4.69, 9.17) is 9.15 Å². The van der Waals surface area contributed by atoms with Crippen LogP contribution in [0.15, 0.2) is 41.3 Å². The van der Waals surface area contributed by atoms with Gasteiger partial charge in [-0.05, 0) is 24.3 Å². The van der Waals surface area contributed by atoms with Crippen molar-refractivity contribution in [3.05, 3.63) is 42.6 Å². The molecule has 110 valence electrons. The number of hydrogen-bond acceptors (Lipinski definition) is 5. The molecular weight excluding hydrogens is 270 g/mol. The number of benzene rings is 1. The molecule has 1 fully saturated rings. The van der Waals surface area contributed by atoms with Crippen molar-refractivity contribution < 1.29 is 13.9 Å². The highest BCUT2D eigenvalue weighted by molar-refractivity contribution is 5.91. The third-order valence-corrected chi connectivity index (χ3v) is 3.65. The first-order valence-electron chi connectivity index (χ1n) is 6.84. The number of aromatic nitrogens is 1. The Morgan fingerprint density at radius 2 is 1.90 bits per heavy atom. The zero-order valence-corrected chi connectivity index (χ0v) is 11.9. The molecule has 0 aliphatic carbocycles. The number of carbonyl (C=O) groups is 1. The predicted molar refractivity (Wildman–Crippen MR) is 77.6 cm³/mol. The van der Waals surface area contributed by atoms with Crippen LogP contribution in [-0.2, 0) is 0 Å². The molecular formula is C15H17N3O3. The molecule has 1 saturated heterocycles. The van der Waals surface area contributed by atoms with Gasteiger partial charge in [0.05, 0.1) is 13.3 Å². The van der Waals surface area contributed by atoms with E-state index >= 15 is 0 Å². The molecule has 1 aromatic heterocycles. The summed E-state index contributed by atoms with van der Waals surface area (Å²) in [7, 11) is 1.66. The summed E-state index contributed by atoms with van der Waals surface area (Å²) >= 11 is 0. The van der Waals surface area contributed by atoms with Crippen molar-refractivity contribution in [3.63, 3.8) is 0 Å². The lowest BCUT2D eigenvalue weighted by Crippen LogP contribution is -2.48. The Balaban J connectivity index is 1.60. The zero-order valence-electron chi connectivity index (χ0n) is 11.9. The van der Waals surface area contributed by atoms with Gasteiger partial charge in [-0.2, -0.15) is 0 Å². The first-order chi connectivity index (χ1) is 10.3. The van der Waals surface area contributed by atoms with Crippen molar-refractivity contribution in [2.45, 2.75) is 0 Å². The van der Waals surface area contributed by atoms with Gasteiger partial charge in [0.2, 0.25) is 5.76 Å². The lowest BCUT2D eigenvalue weighted by Gasteiger charge is -2.35. The van der Waals surface area contributed by atoms with Gasteiger partial charge < -0.3 is 19.0 Å². The topological polar surface area (TPSA) is 58.8 Å². The Kier molecular flexibility index (Phi) is 3.77. The normalized spacial score (nSPS) is 15.1. The van der Waals surface area contributed by atoms with Crippen LogP contribution in [0.4, 0.5) is 5.69 Å². The van der Waals surface area contributed by atoms with Crippen LogP contribution in [-0.4, -0.2) is 49.1 Å². The fourth-order valence-corrected chi connectivity index (χ4v) is 2.44. The second kappa shape index (κ2) is 5.87. The Hall–Kier alpha value is -2.50. The highest BCUT2D eigenvalue weighted by Crippen LogP contribution is 2.20. The summed E-state index contributed by atoms with van der Waals surface area (Å²) in [6.45, 7) is 2.94. The SMILES string of the molecule is COc1ccc(N2CCN(C(=O)c3cnco3)CC2)cc1. The average molecular weight is 287 g/mol. The minimum atomic E-state index is -0.0955. The molecule has 2 aromatic rings. The number of methoxy groups -OCH3 is 1. The molecule has 0 atom stereocenters. The molecule has 0 N–H and O–H groups in total. The molecule has 2 heterocycles. The van der Waals surface area contributed by atoms with E-state index in [0.29, 0.717) is 18.8 Å². The van der Waals surface area contributed by atoms with Gasteiger partial charge in [-0.1, -0.05) is 0 Å². The molecule has 1 aliphatic heterocycles. The Morgan fingerprint density at radius 1 is 1.19 bits per heavy atom. The van der Waals surface area contributed by atoms with Crippen LogP contribution in [0, 0.1) is 0 Å². The number of hydrogen-bond donors (Lipinski definition) is 0. The molecule has 21 heavy (non-hydrogen) atoms. The number of oxazole rings is 1. The first kappa shape index (κ1) is 13.5. The third kappa shape index (κ3) is 2.84. The van der Waals surface area contributed by atoms with Crippen LogP contribution < -0.4 is 9.64 Å². The highest BCUT2D eigenvalue weighted by Gasteiger charge is 2.24. The second-order valence-electron chi connectivity index (χ2n) is 4.84. The van der Waals surface area contributed by atoms with Gasteiger partial charge >= 0.3 is 0 Å². The highest BCUT2D eigenvalue weighted by atomic mass is 16.5. The van der Waals surface area contributed by atoms with Crippen LogP contribution in [0.25, 0.3) is 0 Å². The number of rotatable bonds is 3. The van der Waals surface area contributed by atoms with Crippen LogP contribution in [0.5, 0.6) is 5.75 Å². The summed E-state index contributed by atoms with van der Waals surface area (Å²) in [5.74, 6) is 1.05. The summed E-state index contributed by atoms with van der Waals surface area (Å²) in [5.41, 5.74) is 1.14. The lowest BCUT2D eigenvalue weighted by molar-refractivity contribution is 0.0714. The number of anilines is 1. The Labute approximate surface area is 122 Å². The van der Waals surface area contributed by atoms with Gasteiger partial charge in [0.15, 0.2) is 6.39 Å². The molecule has 1 aliphatic rings. The van der Waals surface area contributed by atoms with E-state index in [1.54, 1.807) is 12.0 Å². The molecule has 0 bridgehead atoms. The molecule has 1 aromatic carbocycles. The van der Waals surface area contributed by atoms with Crippen LogP contribution in [0.3, 0.4) is 0 Å². The number of amides is 1. The summed E-state index contributed by atoms with van der Waals surface area (Å²) < 4.78 is 10.2. The number of nitrogens with zero attached hydrogens (tertiary/aromatic N) is 3. The lowest BCUT2D eigenvalue weighted by atomic mass is 10.2. The van der Waals surface area contributed by atoms with Crippen LogP contribution in [0.2, 0.25) is 0 Å². The van der Waals surface area contributed by atoms with Gasteiger partial charge in [0.1, 0.15) is 5.75 Å². The van der Waals surface area contributed by atoms with E-state index in [-0.39, 0.29) is 5.91 Å². The predicted octanol–water partition coefficient (Wildman–Crippen LogP) is 1.65. The van der Waals surface area contributed by atoms with Gasteiger partial charge in [0.25, 0.3) is 5.91 Å². The van der Waals surface area contributed by atoms with Gasteiger partial charge in [-0.3, -0.25) is 4.79 Å². The van der Waals surface area contributed by atoms with Gasteiger partial charge in [0, 0.05) is 31.9 Å². The number of carbonyl (C=O) groups excluding carboxylic acids is 1. The number of ether oxygens (including phenoxy) is 1. The van der Waals surface area contributed by atoms with Crippen molar-refractivity contribution in [3.8, 4) is 5.75 Å². The maximum Gasteiger partial charge on any atom is 0.291 e. The molecule has 0 unspecified atom stereocenters. The molecule has 0 spiro atoms. The average Bonchev–Trinajstić information content (AvgIpc) is 3.09. The first-order valence-corrected chi connectivity index (χ1v) is 6.84. The van der Waals surface area contributed by atoms with Crippen LogP contribution >= 0.6 is 0 Å². The summed E-state index contributed by atoms with van der Waals surface area (Å²) in [5, 5.41) is 0. The van der Waals surface area contributed by atoms with Crippen molar-refractivity contribution >= 4 is 11.6 Å². The number of piperazine rings is 1. The van der Waals surface area contributed by atoms with E-state index in [2.05, 4.69) is 9.88 Å². The van der Waals surface area contributed by atoms with Gasteiger partial charge in [-0.15, -0.1) is 0 Å². The summed E-state index contributed by atoms with van der Waals surface area (Å²) in [6.07, 6.45) is 2.74. The smallest absolute Gasteiger partial charge is 0.291 e. The summed E-state index contributed by atoms with van der Waals surface area (Å²) in [4.78, 5) is 20.0. The van der Waals surface area contributed by atoms with E-state index in [0.717, 1.165) is 24.5 Å². The van der Waals surface area contributed by atoms with E-state index in [9.17, 15) is 4.79 Å². The second-order valence-corrected chi connectivity index (χ2v) is 4.84. The molecule has 6 heteroatoms. The Morgan fingerprint density at radius 3 is 2.48 bits per heavy atom. The molecule has 3 rings (SSSR count). The monoisotopic (exact) mass is 287 g/mol. The van der Waals surface area contributed by atoms with Crippen molar-refractivity contribution in [2.24, 2.45) is 0 Å². The molecule has 0 saturated carbocycles. The molecule has 0 radical (unpaired) electrons. The van der Waals surface area contributed by atoms with Crippen molar-refractivity contribution in [1.29, 1.82) is 0 Å². The third-order valence-electron chi connectivity index (χ3n) is 3.65. The Bertz CT molecular complexity index is 587. The quantitative estimate of drug-likeness (QED) is 0.859. The van der Waals surface area contributed by atoms with E-state index < -0.39 is 0 Å². The minimum Gasteiger partial charge on any atom is -0.497 e. The standard InChI is InChI=1S/C15H17N3O3/c1-20-13-4-2-12(3-5-13)17-6-8-18(9-7-17)15(19)14-10-16-11-21-14/h2-5,10-11H,6-9H2,1H3. The van der Waals surface area contributed by atoms with E-state index in [1.165, 1.54) is 12.6 Å². The largest absolute Gasteiger partial charge is 0.497 e. The molecule has 6 nitrogen and oxygen atoms in total. The molecule has 1 amide bonds. The van der Waals surface area contributed by atoms with Gasteiger partial charge in [-0.25, -0.2) is 4.98 Å². The van der Waals surface area contributed by atoms with Crippen LogP contribution in [0.1, 0.15) is 10.6 Å². The fraction of sp³-hybridized carbons (Fsp3) is 0.333. The van der Waals surface area contributed by atoms with Crippen molar-refractivity contribution in [1.82, 2.24) is 9.88 Å². The maximum absolute atomic E-state index is 12.1. The zero-order chi connectivity index (χ0) is 14.7. The van der Waals surface area contributed by atoms with Crippen molar-refractivity contribution in [2.75, 3.05) is 38.2 Å². The maximum atomic E-state index is 12.1. The fourth-order valence-electron chi connectivity index (χ4n) is 2.44. The minimum absolute atomic E-state index is 0.0955.